The van der Waals surface area contributed by atoms with E-state index in [1.807, 2.05) is 35.7 Å². The molecule has 0 radical (unpaired) electrons. The Morgan fingerprint density at radius 1 is 1.24 bits per heavy atom. The standard InChI is InChI=1S/C14H16N2O/c1-9-8-15(2)14(17)13-12(9)10-6-4-5-7-11(10)16(13)3/h4-7,9H,8H2,1-3H3. The Morgan fingerprint density at radius 3 is 2.71 bits per heavy atom. The first-order chi connectivity index (χ1) is 8.11. The summed E-state index contributed by atoms with van der Waals surface area (Å²) in [6.45, 7) is 2.99. The van der Waals surface area contributed by atoms with E-state index in [0.717, 1.165) is 17.8 Å². The van der Waals surface area contributed by atoms with E-state index in [1.54, 1.807) is 0 Å². The summed E-state index contributed by atoms with van der Waals surface area (Å²) in [4.78, 5) is 14.1. The molecule has 1 atom stereocenters. The number of nitrogens with zero attached hydrogens (tertiary/aromatic N) is 2. The average molecular weight is 228 g/mol. The van der Waals surface area contributed by atoms with Crippen LogP contribution >= 0.6 is 0 Å². The van der Waals surface area contributed by atoms with Gasteiger partial charge in [0.15, 0.2) is 0 Å². The van der Waals surface area contributed by atoms with E-state index in [2.05, 4.69) is 19.1 Å². The smallest absolute Gasteiger partial charge is 0.270 e. The van der Waals surface area contributed by atoms with Crippen LogP contribution in [0.3, 0.4) is 0 Å². The molecule has 1 aliphatic heterocycles. The molecule has 0 saturated carbocycles. The van der Waals surface area contributed by atoms with Crippen LogP contribution in [0.2, 0.25) is 0 Å². The second kappa shape index (κ2) is 3.36. The van der Waals surface area contributed by atoms with Gasteiger partial charge in [0.2, 0.25) is 0 Å². The summed E-state index contributed by atoms with van der Waals surface area (Å²) in [5, 5.41) is 1.22. The SMILES string of the molecule is CC1CN(C)C(=O)c2c1c1ccccc1n2C. The van der Waals surface area contributed by atoms with Gasteiger partial charge in [-0.2, -0.15) is 0 Å². The maximum atomic E-state index is 12.3. The molecule has 1 aromatic heterocycles. The molecule has 3 nitrogen and oxygen atoms in total. The maximum Gasteiger partial charge on any atom is 0.270 e. The summed E-state index contributed by atoms with van der Waals surface area (Å²) >= 11 is 0. The molecule has 0 saturated heterocycles. The highest BCUT2D eigenvalue weighted by Gasteiger charge is 2.31. The topological polar surface area (TPSA) is 25.2 Å². The zero-order valence-electron chi connectivity index (χ0n) is 10.4. The number of carbonyl (C=O) groups is 1. The van der Waals surface area contributed by atoms with Crippen molar-refractivity contribution in [2.75, 3.05) is 13.6 Å². The Kier molecular flexibility index (Phi) is 2.05. The van der Waals surface area contributed by atoms with Crippen LogP contribution in [0.5, 0.6) is 0 Å². The minimum Gasteiger partial charge on any atom is -0.340 e. The molecule has 0 spiro atoms. The quantitative estimate of drug-likeness (QED) is 0.679. The van der Waals surface area contributed by atoms with Gasteiger partial charge >= 0.3 is 0 Å². The summed E-state index contributed by atoms with van der Waals surface area (Å²) in [6.07, 6.45) is 0. The molecule has 1 aromatic carbocycles. The molecular formula is C14H16N2O. The van der Waals surface area contributed by atoms with Gasteiger partial charge in [-0.1, -0.05) is 25.1 Å². The van der Waals surface area contributed by atoms with Gasteiger partial charge in [0.25, 0.3) is 5.91 Å². The van der Waals surface area contributed by atoms with Crippen molar-refractivity contribution in [3.8, 4) is 0 Å². The monoisotopic (exact) mass is 228 g/mol. The van der Waals surface area contributed by atoms with Crippen molar-refractivity contribution in [2.45, 2.75) is 12.8 Å². The van der Waals surface area contributed by atoms with E-state index in [9.17, 15) is 4.79 Å². The van der Waals surface area contributed by atoms with Gasteiger partial charge in [0.1, 0.15) is 5.69 Å². The lowest BCUT2D eigenvalue weighted by molar-refractivity contribution is 0.0759. The van der Waals surface area contributed by atoms with Crippen molar-refractivity contribution >= 4 is 16.8 Å². The average Bonchev–Trinajstić information content (AvgIpc) is 2.61. The molecule has 2 aromatic rings. The fourth-order valence-electron chi connectivity index (χ4n) is 2.95. The Bertz CT molecular complexity index is 612. The molecule has 0 bridgehead atoms. The first kappa shape index (κ1) is 10.4. The van der Waals surface area contributed by atoms with E-state index in [4.69, 9.17) is 0 Å². The number of rotatable bonds is 0. The second-order valence-corrected chi connectivity index (χ2v) is 4.93. The lowest BCUT2D eigenvalue weighted by atomic mass is 9.93. The molecule has 17 heavy (non-hydrogen) atoms. The molecule has 0 N–H and O–H groups in total. The third kappa shape index (κ3) is 1.25. The van der Waals surface area contributed by atoms with E-state index < -0.39 is 0 Å². The molecule has 1 unspecified atom stereocenters. The largest absolute Gasteiger partial charge is 0.340 e. The molecule has 0 fully saturated rings. The number of para-hydroxylation sites is 1. The third-order valence-electron chi connectivity index (χ3n) is 3.74. The molecule has 88 valence electrons. The number of aryl methyl sites for hydroxylation is 1. The van der Waals surface area contributed by atoms with Crippen molar-refractivity contribution < 1.29 is 4.79 Å². The first-order valence-electron chi connectivity index (χ1n) is 5.94. The fourth-order valence-corrected chi connectivity index (χ4v) is 2.95. The molecule has 3 rings (SSSR count). The predicted octanol–water partition coefficient (Wildman–Crippen LogP) is 2.37. The van der Waals surface area contributed by atoms with Crippen molar-refractivity contribution in [1.29, 1.82) is 0 Å². The van der Waals surface area contributed by atoms with Crippen LogP contribution in [0.1, 0.15) is 28.9 Å². The van der Waals surface area contributed by atoms with Gasteiger partial charge < -0.3 is 9.47 Å². The molecular weight excluding hydrogens is 212 g/mol. The number of amides is 1. The van der Waals surface area contributed by atoms with Gasteiger partial charge in [-0.3, -0.25) is 4.79 Å². The fraction of sp³-hybridized carbons (Fsp3) is 0.357. The number of benzene rings is 1. The number of aromatic nitrogens is 1. The highest BCUT2D eigenvalue weighted by molar-refractivity contribution is 6.03. The Hall–Kier alpha value is -1.77. The van der Waals surface area contributed by atoms with Crippen LogP contribution in [0.25, 0.3) is 10.9 Å². The zero-order chi connectivity index (χ0) is 12.2. The lowest BCUT2D eigenvalue weighted by Crippen LogP contribution is -2.36. The zero-order valence-corrected chi connectivity index (χ0v) is 10.4. The lowest BCUT2D eigenvalue weighted by Gasteiger charge is -2.28. The molecule has 1 amide bonds. The van der Waals surface area contributed by atoms with Crippen LogP contribution in [-0.4, -0.2) is 29.0 Å². The number of carbonyl (C=O) groups excluding carboxylic acids is 1. The summed E-state index contributed by atoms with van der Waals surface area (Å²) < 4.78 is 2.03. The highest BCUT2D eigenvalue weighted by Crippen LogP contribution is 2.35. The van der Waals surface area contributed by atoms with Crippen LogP contribution in [-0.2, 0) is 7.05 Å². The molecule has 0 aliphatic carbocycles. The molecule has 1 aliphatic rings. The maximum absolute atomic E-state index is 12.3. The normalized spacial score (nSPS) is 19.8. The van der Waals surface area contributed by atoms with Crippen LogP contribution in [0.15, 0.2) is 24.3 Å². The molecule has 3 heteroatoms. The van der Waals surface area contributed by atoms with Gasteiger partial charge in [0.05, 0.1) is 0 Å². The Balaban J connectivity index is 2.42. The van der Waals surface area contributed by atoms with Crippen LogP contribution in [0.4, 0.5) is 0 Å². The summed E-state index contributed by atoms with van der Waals surface area (Å²) in [5.41, 5.74) is 3.21. The number of hydrogen-bond acceptors (Lipinski definition) is 1. The minimum atomic E-state index is 0.136. The van der Waals surface area contributed by atoms with Gasteiger partial charge in [0, 0.05) is 37.5 Å². The van der Waals surface area contributed by atoms with Crippen molar-refractivity contribution in [2.24, 2.45) is 7.05 Å². The van der Waals surface area contributed by atoms with Crippen molar-refractivity contribution in [1.82, 2.24) is 9.47 Å². The summed E-state index contributed by atoms with van der Waals surface area (Å²) in [5.74, 6) is 0.538. The summed E-state index contributed by atoms with van der Waals surface area (Å²) in [6, 6.07) is 8.25. The van der Waals surface area contributed by atoms with Crippen molar-refractivity contribution in [3.05, 3.63) is 35.5 Å². The van der Waals surface area contributed by atoms with Gasteiger partial charge in [-0.05, 0) is 11.6 Å². The van der Waals surface area contributed by atoms with E-state index in [1.165, 1.54) is 10.9 Å². The molecule has 2 heterocycles. The Morgan fingerprint density at radius 2 is 1.94 bits per heavy atom. The summed E-state index contributed by atoms with van der Waals surface area (Å²) in [7, 11) is 3.85. The van der Waals surface area contributed by atoms with Gasteiger partial charge in [-0.25, -0.2) is 0 Å². The van der Waals surface area contributed by atoms with Crippen LogP contribution in [0, 0.1) is 0 Å². The number of hydrogen-bond donors (Lipinski definition) is 0. The highest BCUT2D eigenvalue weighted by atomic mass is 16.2. The van der Waals surface area contributed by atoms with E-state index in [-0.39, 0.29) is 5.91 Å². The Labute approximate surface area is 101 Å². The minimum absolute atomic E-state index is 0.136. The van der Waals surface area contributed by atoms with E-state index in [0.29, 0.717) is 5.92 Å². The predicted molar refractivity (Wildman–Crippen MR) is 68.3 cm³/mol. The van der Waals surface area contributed by atoms with Crippen molar-refractivity contribution in [3.63, 3.8) is 0 Å². The van der Waals surface area contributed by atoms with Crippen LogP contribution < -0.4 is 0 Å². The second-order valence-electron chi connectivity index (χ2n) is 4.93. The number of likely N-dealkylation sites (N-methyl/N-ethyl adjacent to an activating group) is 1. The first-order valence-corrected chi connectivity index (χ1v) is 5.94. The third-order valence-corrected chi connectivity index (χ3v) is 3.74. The van der Waals surface area contributed by atoms with E-state index >= 15 is 0 Å². The number of fused-ring (bicyclic) bond motifs is 3. The van der Waals surface area contributed by atoms with Gasteiger partial charge in [-0.15, -0.1) is 0 Å².